The molecule has 2 aromatic rings. The van der Waals surface area contributed by atoms with E-state index < -0.39 is 27.2 Å². The number of nitrogens with zero attached hydrogens (tertiary/aromatic N) is 1. The fourth-order valence-electron chi connectivity index (χ4n) is 3.84. The number of halogens is 1. The van der Waals surface area contributed by atoms with Gasteiger partial charge in [0.25, 0.3) is 0 Å². The number of sulfonamides is 1. The molecule has 7 heteroatoms. The zero-order valence-corrected chi connectivity index (χ0v) is 17.0. The lowest BCUT2D eigenvalue weighted by Crippen LogP contribution is -2.48. The van der Waals surface area contributed by atoms with Crippen LogP contribution in [-0.4, -0.2) is 14.3 Å². The average Bonchev–Trinajstić information content (AvgIpc) is 2.69. The number of benzene rings is 2. The standard InChI is InChI=1S/C22H23FN2O3S/c1-16-10-12-22(13-11-16,19-6-8-20(23)9-7-19)21(26)25-29(27,28)15-18-4-2-17(14-24)3-5-18/h2-9,16H,10-13,15H2,1H3,(H,25,26). The van der Waals surface area contributed by atoms with Crippen LogP contribution in [0.5, 0.6) is 0 Å². The van der Waals surface area contributed by atoms with Crippen LogP contribution in [0.4, 0.5) is 4.39 Å². The fourth-order valence-corrected chi connectivity index (χ4v) is 5.02. The summed E-state index contributed by atoms with van der Waals surface area (Å²) in [5.41, 5.74) is 0.564. The van der Waals surface area contributed by atoms with Crippen LogP contribution in [0.15, 0.2) is 48.5 Å². The largest absolute Gasteiger partial charge is 0.273 e. The molecule has 0 spiro atoms. The van der Waals surface area contributed by atoms with Gasteiger partial charge in [-0.05, 0) is 67.0 Å². The SMILES string of the molecule is CC1CCC(C(=O)NS(=O)(=O)Cc2ccc(C#N)cc2)(c2ccc(F)cc2)CC1. The third-order valence-electron chi connectivity index (χ3n) is 5.65. The van der Waals surface area contributed by atoms with E-state index in [0.29, 0.717) is 35.4 Å². The third kappa shape index (κ3) is 4.83. The fraction of sp³-hybridized carbons (Fsp3) is 0.364. The molecule has 0 saturated heterocycles. The molecule has 0 atom stereocenters. The quantitative estimate of drug-likeness (QED) is 0.806. The molecule has 0 heterocycles. The minimum atomic E-state index is -3.93. The van der Waals surface area contributed by atoms with Crippen molar-refractivity contribution in [3.63, 3.8) is 0 Å². The molecular weight excluding hydrogens is 391 g/mol. The highest BCUT2D eigenvalue weighted by atomic mass is 32.2. The summed E-state index contributed by atoms with van der Waals surface area (Å²) in [5, 5.41) is 8.85. The van der Waals surface area contributed by atoms with Gasteiger partial charge in [-0.25, -0.2) is 12.8 Å². The van der Waals surface area contributed by atoms with Crippen LogP contribution in [0.25, 0.3) is 0 Å². The van der Waals surface area contributed by atoms with Crippen LogP contribution >= 0.6 is 0 Å². The summed E-state index contributed by atoms with van der Waals surface area (Å²) in [4.78, 5) is 13.2. The van der Waals surface area contributed by atoms with Crippen molar-refractivity contribution < 1.29 is 17.6 Å². The Kier molecular flexibility index (Phi) is 6.04. The van der Waals surface area contributed by atoms with Crippen LogP contribution in [-0.2, 0) is 26.0 Å². The van der Waals surface area contributed by atoms with Crippen LogP contribution in [0.2, 0.25) is 0 Å². The Morgan fingerprint density at radius 3 is 2.28 bits per heavy atom. The Morgan fingerprint density at radius 2 is 1.72 bits per heavy atom. The molecule has 1 fully saturated rings. The molecule has 0 radical (unpaired) electrons. The van der Waals surface area contributed by atoms with Crippen LogP contribution in [0, 0.1) is 23.1 Å². The molecular formula is C22H23FN2O3S. The van der Waals surface area contributed by atoms with Crippen molar-refractivity contribution in [1.29, 1.82) is 5.26 Å². The molecule has 2 aromatic carbocycles. The molecule has 3 rings (SSSR count). The van der Waals surface area contributed by atoms with E-state index in [1.54, 1.807) is 24.3 Å². The van der Waals surface area contributed by atoms with E-state index in [2.05, 4.69) is 11.6 Å². The van der Waals surface area contributed by atoms with Crippen molar-refractivity contribution in [2.45, 2.75) is 43.8 Å². The van der Waals surface area contributed by atoms with E-state index in [-0.39, 0.29) is 5.75 Å². The summed E-state index contributed by atoms with van der Waals surface area (Å²) in [6.45, 7) is 2.11. The Morgan fingerprint density at radius 1 is 1.14 bits per heavy atom. The molecule has 0 unspecified atom stereocenters. The highest BCUT2D eigenvalue weighted by molar-refractivity contribution is 7.89. The smallest absolute Gasteiger partial charge is 0.244 e. The van der Waals surface area contributed by atoms with Gasteiger partial charge in [-0.1, -0.05) is 31.2 Å². The first-order valence-corrected chi connectivity index (χ1v) is 11.2. The van der Waals surface area contributed by atoms with Gasteiger partial charge in [-0.15, -0.1) is 0 Å². The van der Waals surface area contributed by atoms with Crippen LogP contribution in [0.1, 0.15) is 49.3 Å². The minimum absolute atomic E-state index is 0.361. The molecule has 5 nitrogen and oxygen atoms in total. The zero-order chi connectivity index (χ0) is 21.1. The second-order valence-electron chi connectivity index (χ2n) is 7.77. The summed E-state index contributed by atoms with van der Waals surface area (Å²) in [7, 11) is -3.93. The number of nitrogens with one attached hydrogen (secondary N) is 1. The number of hydrogen-bond acceptors (Lipinski definition) is 4. The van der Waals surface area contributed by atoms with Crippen molar-refractivity contribution in [3.05, 3.63) is 71.0 Å². The van der Waals surface area contributed by atoms with Crippen molar-refractivity contribution in [3.8, 4) is 6.07 Å². The summed E-state index contributed by atoms with van der Waals surface area (Å²) in [6.07, 6.45) is 2.61. The van der Waals surface area contributed by atoms with Crippen LogP contribution in [0.3, 0.4) is 0 Å². The molecule has 1 saturated carbocycles. The molecule has 0 aliphatic heterocycles. The second-order valence-corrected chi connectivity index (χ2v) is 9.49. The number of carbonyl (C=O) groups is 1. The van der Waals surface area contributed by atoms with E-state index in [1.807, 2.05) is 6.07 Å². The molecule has 0 aromatic heterocycles. The Labute approximate surface area is 170 Å². The second kappa shape index (κ2) is 8.34. The highest BCUT2D eigenvalue weighted by Crippen LogP contribution is 2.42. The van der Waals surface area contributed by atoms with Crippen molar-refractivity contribution in [2.24, 2.45) is 5.92 Å². The Bertz CT molecular complexity index is 1020. The Hall–Kier alpha value is -2.72. The lowest BCUT2D eigenvalue weighted by molar-refractivity contribution is -0.126. The van der Waals surface area contributed by atoms with Gasteiger partial charge < -0.3 is 0 Å². The van der Waals surface area contributed by atoms with Gasteiger partial charge in [0.2, 0.25) is 15.9 Å². The van der Waals surface area contributed by atoms with E-state index in [1.165, 1.54) is 24.3 Å². The van der Waals surface area contributed by atoms with E-state index >= 15 is 0 Å². The topological polar surface area (TPSA) is 87.0 Å². The lowest BCUT2D eigenvalue weighted by Gasteiger charge is -2.38. The summed E-state index contributed by atoms with van der Waals surface area (Å²) < 4.78 is 40.9. The highest BCUT2D eigenvalue weighted by Gasteiger charge is 2.43. The summed E-state index contributed by atoms with van der Waals surface area (Å²) in [5.74, 6) is -0.876. The first kappa shape index (κ1) is 21.0. The number of carbonyl (C=O) groups excluding carboxylic acids is 1. The molecule has 152 valence electrons. The van der Waals surface area contributed by atoms with Gasteiger partial charge in [0.1, 0.15) is 5.82 Å². The zero-order valence-electron chi connectivity index (χ0n) is 16.2. The summed E-state index contributed by atoms with van der Waals surface area (Å²) in [6, 6.07) is 13.9. The predicted molar refractivity (Wildman–Crippen MR) is 108 cm³/mol. The number of hydrogen-bond donors (Lipinski definition) is 1. The first-order valence-electron chi connectivity index (χ1n) is 9.54. The number of rotatable bonds is 5. The molecule has 0 bridgehead atoms. The van der Waals surface area contributed by atoms with Crippen molar-refractivity contribution >= 4 is 15.9 Å². The van der Waals surface area contributed by atoms with E-state index in [0.717, 1.165) is 12.8 Å². The van der Waals surface area contributed by atoms with Crippen molar-refractivity contribution in [1.82, 2.24) is 4.72 Å². The lowest BCUT2D eigenvalue weighted by atomic mass is 9.66. The summed E-state index contributed by atoms with van der Waals surface area (Å²) >= 11 is 0. The number of amides is 1. The monoisotopic (exact) mass is 414 g/mol. The van der Waals surface area contributed by atoms with Gasteiger partial charge in [-0.2, -0.15) is 5.26 Å². The molecule has 1 aliphatic carbocycles. The predicted octanol–water partition coefficient (Wildman–Crippen LogP) is 3.79. The maximum Gasteiger partial charge on any atom is 0.244 e. The molecule has 29 heavy (non-hydrogen) atoms. The van der Waals surface area contributed by atoms with E-state index in [9.17, 15) is 17.6 Å². The third-order valence-corrected chi connectivity index (χ3v) is 6.86. The van der Waals surface area contributed by atoms with Crippen molar-refractivity contribution in [2.75, 3.05) is 0 Å². The molecule has 1 amide bonds. The Balaban J connectivity index is 1.83. The first-order chi connectivity index (χ1) is 13.7. The average molecular weight is 415 g/mol. The van der Waals surface area contributed by atoms with Gasteiger partial charge in [0, 0.05) is 0 Å². The minimum Gasteiger partial charge on any atom is -0.273 e. The van der Waals surface area contributed by atoms with Gasteiger partial charge >= 0.3 is 0 Å². The van der Waals surface area contributed by atoms with Gasteiger partial charge in [-0.3, -0.25) is 9.52 Å². The maximum absolute atomic E-state index is 13.4. The van der Waals surface area contributed by atoms with Gasteiger partial charge in [0.05, 0.1) is 22.8 Å². The normalized spacial score (nSPS) is 21.9. The number of nitriles is 1. The maximum atomic E-state index is 13.4. The molecule has 1 N–H and O–H groups in total. The molecule has 1 aliphatic rings. The van der Waals surface area contributed by atoms with Crippen LogP contribution < -0.4 is 4.72 Å². The van der Waals surface area contributed by atoms with E-state index in [4.69, 9.17) is 5.26 Å². The van der Waals surface area contributed by atoms with Gasteiger partial charge in [0.15, 0.2) is 0 Å².